The van der Waals surface area contributed by atoms with Gasteiger partial charge in [-0.05, 0) is 12.8 Å². The van der Waals surface area contributed by atoms with Crippen LogP contribution in [0.5, 0.6) is 0 Å². The van der Waals surface area contributed by atoms with Gasteiger partial charge in [0, 0.05) is 13.1 Å². The zero-order chi connectivity index (χ0) is 9.23. The number of hydrogen-bond donors (Lipinski definition) is 2. The van der Waals surface area contributed by atoms with Crippen LogP contribution in [0.2, 0.25) is 0 Å². The molecule has 2 N–H and O–H groups in total. The fourth-order valence-corrected chi connectivity index (χ4v) is 0.820. The van der Waals surface area contributed by atoms with Gasteiger partial charge in [0.15, 0.2) is 0 Å². The monoisotopic (exact) mass is 171 g/mol. The van der Waals surface area contributed by atoms with Crippen LogP contribution in [0.3, 0.4) is 0 Å². The van der Waals surface area contributed by atoms with Crippen LogP contribution in [-0.2, 0) is 0 Å². The van der Waals surface area contributed by atoms with Gasteiger partial charge < -0.3 is 10.6 Å². The number of rotatable bonds is 6. The smallest absolute Gasteiger partial charge is 0.314 e. The molecule has 3 heteroatoms. The Hall–Kier alpha value is -0.730. The summed E-state index contributed by atoms with van der Waals surface area (Å²) in [5.41, 5.74) is 0. The van der Waals surface area contributed by atoms with Crippen LogP contribution in [0.1, 0.15) is 39.5 Å². The first kappa shape index (κ1) is 11.3. The molecule has 0 rings (SSSR count). The van der Waals surface area contributed by atoms with Crippen LogP contribution < -0.4 is 10.6 Å². The van der Waals surface area contributed by atoms with Gasteiger partial charge in [0.05, 0.1) is 0 Å². The predicted molar refractivity (Wildman–Crippen MR) is 51.2 cm³/mol. The van der Waals surface area contributed by atoms with E-state index in [-0.39, 0.29) is 6.03 Å². The Balaban J connectivity index is 3.10. The van der Waals surface area contributed by atoms with Gasteiger partial charge in [0.1, 0.15) is 0 Å². The summed E-state index contributed by atoms with van der Waals surface area (Å²) in [5.74, 6) is 0. The van der Waals surface area contributed by atoms with Crippen molar-refractivity contribution in [3.05, 3.63) is 0 Å². The molecule has 0 saturated heterocycles. The minimum atomic E-state index is -0.0306. The molecule has 3 nitrogen and oxygen atoms in total. The molecule has 0 aromatic heterocycles. The molecule has 0 unspecified atom stereocenters. The van der Waals surface area contributed by atoms with Crippen LogP contribution in [0.25, 0.3) is 0 Å². The molecule has 0 fully saturated rings. The first-order valence-corrected chi connectivity index (χ1v) is 4.83. The summed E-state index contributed by atoms with van der Waals surface area (Å²) in [6.07, 6.45) is 4.35. The normalized spacial score (nSPS) is 9.50. The highest BCUT2D eigenvalue weighted by Gasteiger charge is 1.95. The van der Waals surface area contributed by atoms with Crippen LogP contribution in [0.15, 0.2) is 0 Å². The Morgan fingerprint density at radius 3 is 1.75 bits per heavy atom. The van der Waals surface area contributed by atoms with Crippen LogP contribution in [0, 0.1) is 0 Å². The van der Waals surface area contributed by atoms with Gasteiger partial charge in [0.25, 0.3) is 0 Å². The third-order valence-electron chi connectivity index (χ3n) is 1.63. The number of carbonyl (C=O) groups is 1. The summed E-state index contributed by atoms with van der Waals surface area (Å²) in [6, 6.07) is -0.0306. The van der Waals surface area contributed by atoms with Crippen molar-refractivity contribution in [3.8, 4) is 0 Å². The zero-order valence-electron chi connectivity index (χ0n) is 8.15. The highest BCUT2D eigenvalue weighted by molar-refractivity contribution is 5.73. The molecule has 72 valence electrons. The second-order valence-corrected chi connectivity index (χ2v) is 2.89. The SMILES string of the molecule is CCCCN[11C](=O)NCCCC. The summed E-state index contributed by atoms with van der Waals surface area (Å²) in [5, 5.41) is 5.58. The Morgan fingerprint density at radius 1 is 1.00 bits per heavy atom. The van der Waals surface area contributed by atoms with Gasteiger partial charge in [-0.25, -0.2) is 4.79 Å². The van der Waals surface area contributed by atoms with Crippen molar-refractivity contribution in [1.29, 1.82) is 0 Å². The highest BCUT2D eigenvalue weighted by Crippen LogP contribution is 1.84. The van der Waals surface area contributed by atoms with Crippen molar-refractivity contribution in [2.75, 3.05) is 13.1 Å². The maximum atomic E-state index is 11.0. The highest BCUT2D eigenvalue weighted by atomic mass is 16.1. The maximum Gasteiger partial charge on any atom is 0.314 e. The lowest BCUT2D eigenvalue weighted by Gasteiger charge is -2.05. The average Bonchev–Trinajstić information content (AvgIpc) is 2.06. The van der Waals surface area contributed by atoms with Crippen molar-refractivity contribution in [2.24, 2.45) is 0 Å². The van der Waals surface area contributed by atoms with Gasteiger partial charge in [-0.1, -0.05) is 26.7 Å². The molecule has 0 aliphatic carbocycles. The number of carbonyl (C=O) groups excluding carboxylic acids is 1. The quantitative estimate of drug-likeness (QED) is 0.589. The minimum absolute atomic E-state index is 0.0306. The molecule has 0 aliphatic heterocycles. The number of hydrogen-bond acceptors (Lipinski definition) is 1. The van der Waals surface area contributed by atoms with Gasteiger partial charge in [-0.15, -0.1) is 0 Å². The Labute approximate surface area is 74.9 Å². The van der Waals surface area contributed by atoms with Crippen molar-refractivity contribution >= 4 is 6.03 Å². The van der Waals surface area contributed by atoms with Gasteiger partial charge in [-0.3, -0.25) is 0 Å². The topological polar surface area (TPSA) is 41.1 Å². The van der Waals surface area contributed by atoms with E-state index in [1.165, 1.54) is 0 Å². The van der Waals surface area contributed by atoms with E-state index in [1.54, 1.807) is 0 Å². The first-order chi connectivity index (χ1) is 5.81. The summed E-state index contributed by atoms with van der Waals surface area (Å²) < 4.78 is 0. The second-order valence-electron chi connectivity index (χ2n) is 2.89. The average molecular weight is 171 g/mol. The standard InChI is InChI=1S/C9H20N2O/c1-3-5-7-10-9(12)11-8-6-4-2/h3-8H2,1-2H3,(H2,10,11,12)/i9-1. The molecule has 0 heterocycles. The molecular weight excluding hydrogens is 151 g/mol. The van der Waals surface area contributed by atoms with Gasteiger partial charge in [0.2, 0.25) is 0 Å². The summed E-state index contributed by atoms with van der Waals surface area (Å²) in [7, 11) is 0. The molecule has 0 radical (unpaired) electrons. The number of nitrogens with one attached hydrogen (secondary N) is 2. The van der Waals surface area contributed by atoms with E-state index < -0.39 is 0 Å². The van der Waals surface area contributed by atoms with E-state index in [1.807, 2.05) is 0 Å². The minimum Gasteiger partial charge on any atom is -0.338 e. The number of urea groups is 1. The van der Waals surface area contributed by atoms with Crippen LogP contribution in [-0.4, -0.2) is 19.1 Å². The molecule has 0 spiro atoms. The summed E-state index contributed by atoms with van der Waals surface area (Å²) in [4.78, 5) is 11.0. The lowest BCUT2D eigenvalue weighted by Crippen LogP contribution is -2.36. The Bertz CT molecular complexity index is 103. The lowest BCUT2D eigenvalue weighted by atomic mass is 10.2. The predicted octanol–water partition coefficient (Wildman–Crippen LogP) is 1.89. The van der Waals surface area contributed by atoms with E-state index >= 15 is 0 Å². The fraction of sp³-hybridized carbons (Fsp3) is 0.889. The van der Waals surface area contributed by atoms with E-state index in [2.05, 4.69) is 24.5 Å². The molecule has 0 saturated carbocycles. The Morgan fingerprint density at radius 2 is 1.42 bits per heavy atom. The number of amides is 2. The summed E-state index contributed by atoms with van der Waals surface area (Å²) >= 11 is 0. The molecule has 0 aromatic carbocycles. The second kappa shape index (κ2) is 8.37. The molecule has 12 heavy (non-hydrogen) atoms. The van der Waals surface area contributed by atoms with Crippen molar-refractivity contribution < 1.29 is 4.79 Å². The number of unbranched alkanes of at least 4 members (excludes halogenated alkanes) is 2. The molecule has 0 aliphatic rings. The largest absolute Gasteiger partial charge is 0.338 e. The lowest BCUT2D eigenvalue weighted by molar-refractivity contribution is 0.240. The van der Waals surface area contributed by atoms with Gasteiger partial charge >= 0.3 is 6.03 Å². The van der Waals surface area contributed by atoms with E-state index in [9.17, 15) is 4.79 Å². The summed E-state index contributed by atoms with van der Waals surface area (Å²) in [6.45, 7) is 5.79. The van der Waals surface area contributed by atoms with Crippen molar-refractivity contribution in [2.45, 2.75) is 39.5 Å². The molecule has 0 atom stereocenters. The first-order valence-electron chi connectivity index (χ1n) is 4.83. The van der Waals surface area contributed by atoms with Crippen molar-refractivity contribution in [3.63, 3.8) is 0 Å². The van der Waals surface area contributed by atoms with Crippen LogP contribution in [0.4, 0.5) is 4.79 Å². The van der Waals surface area contributed by atoms with Gasteiger partial charge in [-0.2, -0.15) is 0 Å². The molecule has 2 amide bonds. The Kier molecular flexibility index (Phi) is 7.86. The van der Waals surface area contributed by atoms with Crippen LogP contribution >= 0.6 is 0 Å². The maximum absolute atomic E-state index is 11.0. The van der Waals surface area contributed by atoms with E-state index in [0.717, 1.165) is 38.8 Å². The van der Waals surface area contributed by atoms with E-state index in [0.29, 0.717) is 0 Å². The molecule has 0 aromatic rings. The molecule has 0 bridgehead atoms. The van der Waals surface area contributed by atoms with Crippen molar-refractivity contribution in [1.82, 2.24) is 10.6 Å². The fourth-order valence-electron chi connectivity index (χ4n) is 0.820. The van der Waals surface area contributed by atoms with E-state index in [4.69, 9.17) is 0 Å². The zero-order valence-corrected chi connectivity index (χ0v) is 8.15. The molecular formula is C9H20N2O. The third-order valence-corrected chi connectivity index (χ3v) is 1.63. The third kappa shape index (κ3) is 7.38.